The van der Waals surface area contributed by atoms with Gasteiger partial charge in [-0.15, -0.1) is 0 Å². The average molecular weight is 643 g/mol. The first-order valence-corrected chi connectivity index (χ1v) is 14.0. The third-order valence-corrected chi connectivity index (χ3v) is 7.30. The van der Waals surface area contributed by atoms with Gasteiger partial charge < -0.3 is 4.74 Å². The minimum absolute atomic E-state index is 0.0621. The highest BCUT2D eigenvalue weighted by atomic mass is 19.3. The van der Waals surface area contributed by atoms with Gasteiger partial charge in [-0.25, -0.2) is 30.7 Å². The third kappa shape index (κ3) is 6.54. The lowest BCUT2D eigenvalue weighted by atomic mass is 9.97. The molecule has 0 saturated heterocycles. The molecule has 0 heterocycles. The van der Waals surface area contributed by atoms with Gasteiger partial charge in [0.2, 0.25) is 0 Å². The summed E-state index contributed by atoms with van der Waals surface area (Å²) >= 11 is 0. The van der Waals surface area contributed by atoms with Gasteiger partial charge in [0.1, 0.15) is 34.6 Å². The molecule has 0 fully saturated rings. The van der Waals surface area contributed by atoms with Crippen molar-refractivity contribution in [3.63, 3.8) is 0 Å². The lowest BCUT2D eigenvalue weighted by Crippen LogP contribution is -2.25. The first-order chi connectivity index (χ1) is 21.8. The molecule has 5 rings (SSSR count). The van der Waals surface area contributed by atoms with Crippen molar-refractivity contribution in [2.45, 2.75) is 39.2 Å². The van der Waals surface area contributed by atoms with Crippen molar-refractivity contribution in [1.82, 2.24) is 0 Å². The number of halogens is 9. The van der Waals surface area contributed by atoms with Gasteiger partial charge in [0, 0.05) is 11.6 Å². The second kappa shape index (κ2) is 12.8. The fourth-order valence-electron chi connectivity index (χ4n) is 4.99. The van der Waals surface area contributed by atoms with Crippen molar-refractivity contribution in [3.8, 4) is 28.7 Å². The predicted octanol–water partition coefficient (Wildman–Crippen LogP) is 10.7. The van der Waals surface area contributed by atoms with Gasteiger partial charge in [-0.1, -0.05) is 49.5 Å². The number of ether oxygens (including phenoxy) is 1. The van der Waals surface area contributed by atoms with E-state index in [1.54, 1.807) is 13.0 Å². The molecule has 10 heteroatoms. The molecular weight excluding hydrogens is 619 g/mol. The van der Waals surface area contributed by atoms with E-state index in [1.807, 2.05) is 24.3 Å². The van der Waals surface area contributed by atoms with Gasteiger partial charge >= 0.3 is 6.11 Å². The minimum atomic E-state index is -4.75. The molecule has 0 saturated carbocycles. The second-order valence-electron chi connectivity index (χ2n) is 10.6. The number of unbranched alkanes of at least 4 members (excludes halogenated alkanes) is 1. The number of alkyl halides is 2. The molecule has 0 bridgehead atoms. The van der Waals surface area contributed by atoms with Gasteiger partial charge in [0.05, 0.1) is 10.9 Å². The number of benzene rings is 5. The van der Waals surface area contributed by atoms with Crippen molar-refractivity contribution < 1.29 is 44.3 Å². The van der Waals surface area contributed by atoms with E-state index in [-0.39, 0.29) is 11.6 Å². The van der Waals surface area contributed by atoms with Crippen LogP contribution in [0.25, 0.3) is 21.9 Å². The van der Waals surface area contributed by atoms with Crippen LogP contribution in [-0.4, -0.2) is 0 Å². The van der Waals surface area contributed by atoms with Crippen LogP contribution in [0.15, 0.2) is 66.7 Å². The van der Waals surface area contributed by atoms with E-state index < -0.39 is 74.5 Å². The lowest BCUT2D eigenvalue weighted by Gasteiger charge is -2.20. The second-order valence-corrected chi connectivity index (χ2v) is 10.6. The van der Waals surface area contributed by atoms with E-state index >= 15 is 4.39 Å². The quantitative estimate of drug-likeness (QED) is 0.0975. The summed E-state index contributed by atoms with van der Waals surface area (Å²) in [5.41, 5.74) is 0.651. The van der Waals surface area contributed by atoms with Crippen LogP contribution in [0.3, 0.4) is 0 Å². The number of fused-ring (bicyclic) bond motifs is 1. The van der Waals surface area contributed by atoms with Crippen LogP contribution in [0.5, 0.6) is 5.75 Å². The van der Waals surface area contributed by atoms with E-state index in [0.717, 1.165) is 30.4 Å². The van der Waals surface area contributed by atoms with Crippen LogP contribution in [0, 0.1) is 59.5 Å². The zero-order valence-electron chi connectivity index (χ0n) is 24.3. The van der Waals surface area contributed by atoms with Gasteiger partial charge in [0.25, 0.3) is 0 Å². The van der Waals surface area contributed by atoms with Crippen molar-refractivity contribution in [1.29, 1.82) is 0 Å². The fourth-order valence-corrected chi connectivity index (χ4v) is 4.99. The summed E-state index contributed by atoms with van der Waals surface area (Å²) in [5, 5.41) is -1.71. The molecule has 0 N–H and O–H groups in total. The van der Waals surface area contributed by atoms with Crippen molar-refractivity contribution in [2.75, 3.05) is 0 Å². The summed E-state index contributed by atoms with van der Waals surface area (Å²) in [6, 6.07) is 12.8. The van der Waals surface area contributed by atoms with Crippen LogP contribution >= 0.6 is 0 Å². The van der Waals surface area contributed by atoms with Gasteiger partial charge in [-0.2, -0.15) is 8.78 Å². The zero-order valence-corrected chi connectivity index (χ0v) is 24.3. The van der Waals surface area contributed by atoms with E-state index in [9.17, 15) is 35.1 Å². The van der Waals surface area contributed by atoms with Crippen molar-refractivity contribution in [2.24, 2.45) is 0 Å². The van der Waals surface area contributed by atoms with Crippen LogP contribution in [0.2, 0.25) is 0 Å². The number of rotatable bonds is 7. The molecule has 0 atom stereocenters. The van der Waals surface area contributed by atoms with Gasteiger partial charge in [-0.05, 0) is 83.8 Å². The molecule has 0 amide bonds. The Balaban J connectivity index is 1.40. The maximum atomic E-state index is 15.1. The summed E-state index contributed by atoms with van der Waals surface area (Å²) < 4.78 is 134. The maximum absolute atomic E-state index is 15.1. The number of aryl methyl sites for hydroxylation is 2. The molecule has 236 valence electrons. The molecule has 0 aliphatic rings. The van der Waals surface area contributed by atoms with Gasteiger partial charge in [0.15, 0.2) is 17.5 Å². The molecular formula is C36H23F9O. The SMILES string of the molecule is CCCCc1ccc(-c2cc(C)c(C#Cc3cc(F)c(C(F)(F)Oc4cc(F)c5c(F)c(F)c(F)cc5c4)c(F)c3)c(F)c2)cc1. The fraction of sp³-hybridized carbons (Fsp3) is 0.167. The molecule has 0 spiro atoms. The molecule has 0 aliphatic carbocycles. The maximum Gasteiger partial charge on any atom is 0.432 e. The molecule has 0 unspecified atom stereocenters. The molecule has 5 aromatic rings. The Bertz CT molecular complexity index is 1980. The Morgan fingerprint density at radius 1 is 0.674 bits per heavy atom. The Morgan fingerprint density at radius 2 is 1.35 bits per heavy atom. The Hall–Kier alpha value is -4.91. The number of hydrogen-bond donors (Lipinski definition) is 0. The first-order valence-electron chi connectivity index (χ1n) is 14.0. The van der Waals surface area contributed by atoms with Crippen LogP contribution in [0.4, 0.5) is 39.5 Å². The molecule has 1 nitrogen and oxygen atoms in total. The Morgan fingerprint density at radius 3 is 1.98 bits per heavy atom. The molecule has 0 aliphatic heterocycles. The molecule has 5 aromatic carbocycles. The monoisotopic (exact) mass is 642 g/mol. The molecule has 0 aromatic heterocycles. The largest absolute Gasteiger partial charge is 0.432 e. The highest BCUT2D eigenvalue weighted by Gasteiger charge is 2.41. The highest BCUT2D eigenvalue weighted by Crippen LogP contribution is 2.38. The van der Waals surface area contributed by atoms with Crippen LogP contribution < -0.4 is 4.74 Å². The number of hydrogen-bond acceptors (Lipinski definition) is 1. The first kappa shape index (κ1) is 32.5. The molecule has 46 heavy (non-hydrogen) atoms. The minimum Gasteiger partial charge on any atom is -0.429 e. The summed E-state index contributed by atoms with van der Waals surface area (Å²) in [6.45, 7) is 3.70. The summed E-state index contributed by atoms with van der Waals surface area (Å²) in [5.74, 6) is -7.62. The van der Waals surface area contributed by atoms with Crippen molar-refractivity contribution >= 4 is 10.8 Å². The summed E-state index contributed by atoms with van der Waals surface area (Å²) in [4.78, 5) is 0. The topological polar surface area (TPSA) is 9.23 Å². The van der Waals surface area contributed by atoms with Crippen LogP contribution in [-0.2, 0) is 12.5 Å². The summed E-state index contributed by atoms with van der Waals surface area (Å²) in [6.07, 6.45) is -1.70. The van der Waals surface area contributed by atoms with Crippen LogP contribution in [0.1, 0.15) is 47.6 Å². The normalized spacial score (nSPS) is 11.5. The van der Waals surface area contributed by atoms with E-state index in [0.29, 0.717) is 35.4 Å². The van der Waals surface area contributed by atoms with E-state index in [2.05, 4.69) is 23.5 Å². The summed E-state index contributed by atoms with van der Waals surface area (Å²) in [7, 11) is 0. The smallest absolute Gasteiger partial charge is 0.429 e. The van der Waals surface area contributed by atoms with Gasteiger partial charge in [-0.3, -0.25) is 0 Å². The lowest BCUT2D eigenvalue weighted by molar-refractivity contribution is -0.189. The predicted molar refractivity (Wildman–Crippen MR) is 156 cm³/mol. The van der Waals surface area contributed by atoms with Crippen molar-refractivity contribution in [3.05, 3.63) is 135 Å². The zero-order chi connectivity index (χ0) is 33.3. The third-order valence-electron chi connectivity index (χ3n) is 7.30. The van der Waals surface area contributed by atoms with E-state index in [4.69, 9.17) is 0 Å². The Kier molecular flexibility index (Phi) is 9.06. The highest BCUT2D eigenvalue weighted by molar-refractivity contribution is 5.85. The molecule has 0 radical (unpaired) electrons. The average Bonchev–Trinajstić information content (AvgIpc) is 2.97. The van der Waals surface area contributed by atoms with E-state index in [1.165, 1.54) is 6.07 Å². The standard InChI is InChI=1S/C36H23F9O/c1-3-4-5-20-6-9-22(10-7-20)23-12-19(2)26(27(37)16-23)11-8-21-13-29(39)33(30(40)14-21)36(44,45)46-25-15-24-17-31(41)34(42)35(43)32(24)28(38)18-25/h6-7,9-10,12-18H,3-5H2,1-2H3. The Labute approximate surface area is 258 Å².